The van der Waals surface area contributed by atoms with E-state index >= 15 is 0 Å². The lowest BCUT2D eigenvalue weighted by Crippen LogP contribution is -2.24. The average molecular weight is 384 g/mol. The zero-order valence-corrected chi connectivity index (χ0v) is 15.9. The first kappa shape index (κ1) is 19.2. The Kier molecular flexibility index (Phi) is 5.23. The lowest BCUT2D eigenvalue weighted by molar-refractivity contribution is 0.0925. The van der Waals surface area contributed by atoms with Crippen LogP contribution in [0.15, 0.2) is 24.3 Å². The molecule has 3 rings (SSSR count). The summed E-state index contributed by atoms with van der Waals surface area (Å²) in [5, 5.41) is 10.3. The second-order valence-corrected chi connectivity index (χ2v) is 6.00. The zero-order valence-electron chi connectivity index (χ0n) is 15.9. The summed E-state index contributed by atoms with van der Waals surface area (Å²) in [7, 11) is 5.84. The minimum absolute atomic E-state index is 0.146. The van der Waals surface area contributed by atoms with Crippen molar-refractivity contribution in [1.82, 2.24) is 0 Å². The van der Waals surface area contributed by atoms with Crippen LogP contribution in [0.3, 0.4) is 0 Å². The molecule has 0 saturated heterocycles. The zero-order chi connectivity index (χ0) is 20.4. The average Bonchev–Trinajstić information content (AvgIpc) is 3.11. The Bertz CT molecular complexity index is 933. The number of fused-ring (bicyclic) bond motifs is 1. The maximum absolute atomic E-state index is 13.3. The summed E-state index contributed by atoms with van der Waals surface area (Å²) in [6.45, 7) is 0. The van der Waals surface area contributed by atoms with Gasteiger partial charge in [-0.25, -0.2) is 0 Å². The van der Waals surface area contributed by atoms with Crippen molar-refractivity contribution in [3.8, 4) is 46.8 Å². The highest BCUT2D eigenvalue weighted by molar-refractivity contribution is 6.03. The number of benzene rings is 2. The number of rotatable bonds is 6. The molecule has 1 N–H and O–H groups in total. The molecule has 0 bridgehead atoms. The van der Waals surface area contributed by atoms with Gasteiger partial charge in [0.2, 0.25) is 11.5 Å². The number of carbonyl (C=O) groups is 1. The first-order valence-electron chi connectivity index (χ1n) is 8.37. The third-order valence-corrected chi connectivity index (χ3v) is 4.62. The Morgan fingerprint density at radius 3 is 2.14 bits per heavy atom. The van der Waals surface area contributed by atoms with Crippen LogP contribution in [-0.4, -0.2) is 45.4 Å². The fraction of sp³-hybridized carbons (Fsp3) is 0.286. The number of phenolic OH excluding ortho intramolecular Hbond substituents is 1. The van der Waals surface area contributed by atoms with E-state index < -0.39 is 12.0 Å². The van der Waals surface area contributed by atoms with Crippen LogP contribution in [-0.2, 0) is 0 Å². The Morgan fingerprint density at radius 1 is 1.04 bits per heavy atom. The van der Waals surface area contributed by atoms with Crippen molar-refractivity contribution >= 4 is 5.78 Å². The van der Waals surface area contributed by atoms with E-state index in [1.807, 2.05) is 0 Å². The summed E-state index contributed by atoms with van der Waals surface area (Å²) in [5.74, 6) is 2.62. The first-order valence-corrected chi connectivity index (χ1v) is 8.37. The van der Waals surface area contributed by atoms with Crippen LogP contribution in [0.25, 0.3) is 0 Å². The summed E-state index contributed by atoms with van der Waals surface area (Å²) >= 11 is 0. The number of Topliss-reactive ketones (excluding diaryl/α,β-unsaturated/α-hetero) is 1. The summed E-state index contributed by atoms with van der Waals surface area (Å²) in [4.78, 5) is 13.3. The standard InChI is InChI=1S/C21H20O7/c1-6-13-17(12-7-8-14(24-2)19(23)20(12)28-13)18(22)11-9-15(25-3)21(27-5)16(10-11)26-4/h1,7-10,13,17,23H,2-5H3. The van der Waals surface area contributed by atoms with Crippen molar-refractivity contribution in [3.05, 3.63) is 35.4 Å². The number of methoxy groups -OCH3 is 4. The first-order chi connectivity index (χ1) is 13.5. The van der Waals surface area contributed by atoms with Gasteiger partial charge in [0.05, 0.1) is 34.4 Å². The molecule has 0 aromatic heterocycles. The van der Waals surface area contributed by atoms with Crippen molar-refractivity contribution in [1.29, 1.82) is 0 Å². The Labute approximate surface area is 162 Å². The van der Waals surface area contributed by atoms with Crippen LogP contribution < -0.4 is 23.7 Å². The molecule has 0 fully saturated rings. The fourth-order valence-corrected chi connectivity index (χ4v) is 3.27. The molecule has 1 aliphatic rings. The van der Waals surface area contributed by atoms with E-state index in [1.165, 1.54) is 28.4 Å². The van der Waals surface area contributed by atoms with Crippen LogP contribution in [0.2, 0.25) is 0 Å². The van der Waals surface area contributed by atoms with Gasteiger partial charge in [0.25, 0.3) is 0 Å². The number of hydrogen-bond acceptors (Lipinski definition) is 7. The van der Waals surface area contributed by atoms with Gasteiger partial charge >= 0.3 is 0 Å². The molecule has 0 saturated carbocycles. The van der Waals surface area contributed by atoms with E-state index in [-0.39, 0.29) is 23.0 Å². The number of carbonyl (C=O) groups excluding carboxylic acids is 1. The summed E-state index contributed by atoms with van der Waals surface area (Å²) in [6, 6.07) is 6.33. The molecule has 1 aliphatic heterocycles. The molecule has 2 unspecified atom stereocenters. The quantitative estimate of drug-likeness (QED) is 0.606. The Hall–Kier alpha value is -3.53. The van der Waals surface area contributed by atoms with Gasteiger partial charge in [0.1, 0.15) is 0 Å². The van der Waals surface area contributed by atoms with Gasteiger partial charge in [-0.3, -0.25) is 4.79 Å². The summed E-state index contributed by atoms with van der Waals surface area (Å²) in [5.41, 5.74) is 0.798. The monoisotopic (exact) mass is 384 g/mol. The van der Waals surface area contributed by atoms with Crippen LogP contribution >= 0.6 is 0 Å². The third-order valence-electron chi connectivity index (χ3n) is 4.62. The molecule has 2 aromatic carbocycles. The summed E-state index contributed by atoms with van der Waals surface area (Å²) in [6.07, 6.45) is 4.71. The molecule has 0 aliphatic carbocycles. The van der Waals surface area contributed by atoms with E-state index in [1.54, 1.807) is 24.3 Å². The Balaban J connectivity index is 2.11. The number of ether oxygens (including phenoxy) is 5. The van der Waals surface area contributed by atoms with Gasteiger partial charge in [-0.1, -0.05) is 12.0 Å². The highest BCUT2D eigenvalue weighted by atomic mass is 16.5. The smallest absolute Gasteiger partial charge is 0.203 e. The predicted octanol–water partition coefficient (Wildman–Crippen LogP) is 2.79. The fourth-order valence-electron chi connectivity index (χ4n) is 3.27. The Morgan fingerprint density at radius 2 is 1.64 bits per heavy atom. The second kappa shape index (κ2) is 7.61. The van der Waals surface area contributed by atoms with Crippen LogP contribution in [0.5, 0.6) is 34.5 Å². The number of ketones is 1. The topological polar surface area (TPSA) is 83.5 Å². The predicted molar refractivity (Wildman–Crippen MR) is 101 cm³/mol. The van der Waals surface area contributed by atoms with Gasteiger partial charge in [-0.2, -0.15) is 0 Å². The van der Waals surface area contributed by atoms with Crippen molar-refractivity contribution < 1.29 is 33.6 Å². The van der Waals surface area contributed by atoms with Crippen molar-refractivity contribution in [2.45, 2.75) is 12.0 Å². The van der Waals surface area contributed by atoms with Gasteiger partial charge in [0.15, 0.2) is 34.9 Å². The van der Waals surface area contributed by atoms with Gasteiger partial charge in [-0.15, -0.1) is 6.42 Å². The van der Waals surface area contributed by atoms with Crippen LogP contribution in [0.4, 0.5) is 0 Å². The summed E-state index contributed by atoms with van der Waals surface area (Å²) < 4.78 is 26.7. The molecule has 0 spiro atoms. The molecule has 2 atom stereocenters. The van der Waals surface area contributed by atoms with Crippen LogP contribution in [0.1, 0.15) is 21.8 Å². The molecule has 28 heavy (non-hydrogen) atoms. The number of aromatic hydroxyl groups is 1. The molecule has 7 heteroatoms. The number of hydrogen-bond donors (Lipinski definition) is 1. The van der Waals surface area contributed by atoms with Gasteiger partial charge in [-0.05, 0) is 18.2 Å². The second-order valence-electron chi connectivity index (χ2n) is 6.00. The SMILES string of the molecule is C#CC1Oc2c(ccc(OC)c2O)C1C(=O)c1cc(OC)c(OC)c(OC)c1. The molecule has 0 radical (unpaired) electrons. The van der Waals surface area contributed by atoms with E-state index in [0.717, 1.165) is 0 Å². The largest absolute Gasteiger partial charge is 0.502 e. The third kappa shape index (κ3) is 2.93. The normalized spacial score (nSPS) is 17.1. The van der Waals surface area contributed by atoms with Gasteiger partial charge in [0, 0.05) is 11.1 Å². The van der Waals surface area contributed by atoms with Crippen molar-refractivity contribution in [3.63, 3.8) is 0 Å². The number of terminal acetylenes is 1. The number of phenols is 1. The minimum atomic E-state index is -0.875. The molecule has 7 nitrogen and oxygen atoms in total. The van der Waals surface area contributed by atoms with E-state index in [0.29, 0.717) is 28.4 Å². The van der Waals surface area contributed by atoms with Crippen molar-refractivity contribution in [2.75, 3.05) is 28.4 Å². The maximum atomic E-state index is 13.3. The lowest BCUT2D eigenvalue weighted by Gasteiger charge is -2.17. The van der Waals surface area contributed by atoms with E-state index in [9.17, 15) is 9.90 Å². The minimum Gasteiger partial charge on any atom is -0.502 e. The maximum Gasteiger partial charge on any atom is 0.203 e. The highest BCUT2D eigenvalue weighted by Gasteiger charge is 2.41. The van der Waals surface area contributed by atoms with Gasteiger partial charge < -0.3 is 28.8 Å². The molecular weight excluding hydrogens is 364 g/mol. The highest BCUT2D eigenvalue weighted by Crippen LogP contribution is 2.49. The van der Waals surface area contributed by atoms with E-state index in [2.05, 4.69) is 5.92 Å². The molecular formula is C21H20O7. The van der Waals surface area contributed by atoms with Crippen molar-refractivity contribution in [2.24, 2.45) is 0 Å². The molecule has 2 aromatic rings. The molecule has 146 valence electrons. The lowest BCUT2D eigenvalue weighted by atomic mass is 9.87. The van der Waals surface area contributed by atoms with Crippen LogP contribution in [0, 0.1) is 12.3 Å². The van der Waals surface area contributed by atoms with E-state index in [4.69, 9.17) is 30.1 Å². The molecule has 0 amide bonds. The molecule has 1 heterocycles.